The molecule has 4 aromatic rings. The van der Waals surface area contributed by atoms with Crippen molar-refractivity contribution in [1.29, 1.82) is 0 Å². The molecular formula is C25H22ClN5O2S. The number of carbonyl (C=O) groups is 2. The number of nitrogens with one attached hydrogen (secondary N) is 2. The zero-order chi connectivity index (χ0) is 23.9. The Kier molecular flexibility index (Phi) is 7.61. The second kappa shape index (κ2) is 11.0. The number of nitrogens with zero attached hydrogens (tertiary/aromatic N) is 3. The van der Waals surface area contributed by atoms with Gasteiger partial charge in [0.15, 0.2) is 5.16 Å². The zero-order valence-electron chi connectivity index (χ0n) is 18.4. The second-order valence-corrected chi connectivity index (χ2v) is 8.82. The molecule has 9 heteroatoms. The Hall–Kier alpha value is -3.62. The van der Waals surface area contributed by atoms with Crippen LogP contribution in [0.1, 0.15) is 21.5 Å². The second-order valence-electron chi connectivity index (χ2n) is 7.47. The molecule has 1 aromatic heterocycles. The van der Waals surface area contributed by atoms with Crippen molar-refractivity contribution in [3.8, 4) is 5.69 Å². The average molecular weight is 492 g/mol. The third-order valence-corrected chi connectivity index (χ3v) is 6.37. The molecule has 3 aromatic carbocycles. The quantitative estimate of drug-likeness (QED) is 0.342. The smallest absolute Gasteiger partial charge is 0.253 e. The van der Waals surface area contributed by atoms with Crippen molar-refractivity contribution < 1.29 is 9.59 Å². The molecule has 1 heterocycles. The van der Waals surface area contributed by atoms with E-state index < -0.39 is 0 Å². The lowest BCUT2D eigenvalue weighted by atomic mass is 10.1. The van der Waals surface area contributed by atoms with Gasteiger partial charge in [0, 0.05) is 11.6 Å². The van der Waals surface area contributed by atoms with Gasteiger partial charge in [-0.25, -0.2) is 0 Å². The Bertz CT molecular complexity index is 1310. The van der Waals surface area contributed by atoms with Gasteiger partial charge >= 0.3 is 0 Å². The van der Waals surface area contributed by atoms with E-state index in [0.29, 0.717) is 28.0 Å². The van der Waals surface area contributed by atoms with Gasteiger partial charge in [0.25, 0.3) is 5.91 Å². The molecule has 7 nitrogen and oxygen atoms in total. The van der Waals surface area contributed by atoms with Gasteiger partial charge in [-0.2, -0.15) is 0 Å². The summed E-state index contributed by atoms with van der Waals surface area (Å²) in [4.78, 5) is 25.4. The van der Waals surface area contributed by atoms with Crippen LogP contribution >= 0.6 is 23.4 Å². The first-order valence-corrected chi connectivity index (χ1v) is 11.9. The fourth-order valence-corrected chi connectivity index (χ4v) is 4.12. The van der Waals surface area contributed by atoms with E-state index in [2.05, 4.69) is 20.8 Å². The lowest BCUT2D eigenvalue weighted by Gasteiger charge is -2.12. The average Bonchev–Trinajstić information content (AvgIpc) is 3.33. The van der Waals surface area contributed by atoms with E-state index in [1.165, 1.54) is 11.8 Å². The van der Waals surface area contributed by atoms with Gasteiger partial charge in [-0.15, -0.1) is 10.2 Å². The van der Waals surface area contributed by atoms with Crippen LogP contribution in [0, 0.1) is 6.92 Å². The van der Waals surface area contributed by atoms with E-state index in [9.17, 15) is 9.59 Å². The predicted molar refractivity (Wildman–Crippen MR) is 135 cm³/mol. The molecule has 0 saturated heterocycles. The van der Waals surface area contributed by atoms with Crippen molar-refractivity contribution in [2.75, 3.05) is 11.1 Å². The maximum Gasteiger partial charge on any atom is 0.253 e. The number of rotatable bonds is 8. The van der Waals surface area contributed by atoms with Gasteiger partial charge in [0.1, 0.15) is 6.33 Å². The van der Waals surface area contributed by atoms with Crippen LogP contribution in [0.4, 0.5) is 5.69 Å². The van der Waals surface area contributed by atoms with E-state index in [-0.39, 0.29) is 17.6 Å². The maximum atomic E-state index is 12.7. The summed E-state index contributed by atoms with van der Waals surface area (Å²) in [7, 11) is 0. The molecule has 0 aliphatic carbocycles. The van der Waals surface area contributed by atoms with Crippen LogP contribution < -0.4 is 10.6 Å². The first kappa shape index (κ1) is 23.5. The minimum Gasteiger partial charge on any atom is -0.348 e. The van der Waals surface area contributed by atoms with Gasteiger partial charge < -0.3 is 10.6 Å². The van der Waals surface area contributed by atoms with E-state index in [1.54, 1.807) is 35.2 Å². The summed E-state index contributed by atoms with van der Waals surface area (Å²) in [6.45, 7) is 2.33. The summed E-state index contributed by atoms with van der Waals surface area (Å²) in [5, 5.41) is 15.0. The van der Waals surface area contributed by atoms with Crippen molar-refractivity contribution in [3.63, 3.8) is 0 Å². The number of para-hydroxylation sites is 1. The minimum atomic E-state index is -0.261. The molecule has 2 N–H and O–H groups in total. The maximum absolute atomic E-state index is 12.7. The van der Waals surface area contributed by atoms with Crippen LogP contribution in [-0.2, 0) is 11.3 Å². The number of aromatic nitrogens is 3. The number of halogens is 1. The highest BCUT2D eigenvalue weighted by atomic mass is 35.5. The van der Waals surface area contributed by atoms with Gasteiger partial charge in [-0.3, -0.25) is 14.2 Å². The number of carbonyl (C=O) groups excluding carboxylic acids is 2. The molecule has 0 bridgehead atoms. The van der Waals surface area contributed by atoms with Crippen molar-refractivity contribution >= 4 is 40.9 Å². The van der Waals surface area contributed by atoms with E-state index in [0.717, 1.165) is 16.8 Å². The molecule has 0 unspecified atom stereocenters. The van der Waals surface area contributed by atoms with Gasteiger partial charge in [0.05, 0.1) is 22.7 Å². The number of hydrogen-bond acceptors (Lipinski definition) is 5. The normalized spacial score (nSPS) is 10.6. The van der Waals surface area contributed by atoms with Crippen LogP contribution in [0.15, 0.2) is 84.3 Å². The Morgan fingerprint density at radius 1 is 1.03 bits per heavy atom. The highest BCUT2D eigenvalue weighted by Gasteiger charge is 2.15. The third kappa shape index (κ3) is 5.84. The minimum absolute atomic E-state index is 0.0955. The van der Waals surface area contributed by atoms with Crippen LogP contribution in [0.3, 0.4) is 0 Å². The molecule has 0 radical (unpaired) electrons. The SMILES string of the molecule is Cc1ccc(-n2cnnc2SCC(=O)Nc2ccccc2C(=O)NCc2ccccc2)cc1Cl. The Morgan fingerprint density at radius 2 is 1.79 bits per heavy atom. The van der Waals surface area contributed by atoms with Crippen molar-refractivity contribution in [2.45, 2.75) is 18.6 Å². The Morgan fingerprint density at radius 3 is 2.59 bits per heavy atom. The summed E-state index contributed by atoms with van der Waals surface area (Å²) >= 11 is 7.48. The van der Waals surface area contributed by atoms with Crippen LogP contribution in [0.2, 0.25) is 5.02 Å². The molecule has 2 amide bonds. The number of amides is 2. The zero-order valence-corrected chi connectivity index (χ0v) is 19.9. The molecule has 0 aliphatic heterocycles. The number of thioether (sulfide) groups is 1. The monoisotopic (exact) mass is 491 g/mol. The molecule has 0 atom stereocenters. The van der Waals surface area contributed by atoms with Crippen molar-refractivity contribution in [1.82, 2.24) is 20.1 Å². The number of anilines is 1. The summed E-state index contributed by atoms with van der Waals surface area (Å²) < 4.78 is 1.77. The lowest BCUT2D eigenvalue weighted by Crippen LogP contribution is -2.25. The Labute approximate surface area is 206 Å². The highest BCUT2D eigenvalue weighted by Crippen LogP contribution is 2.24. The van der Waals surface area contributed by atoms with Crippen LogP contribution in [-0.4, -0.2) is 32.3 Å². The summed E-state index contributed by atoms with van der Waals surface area (Å²) in [6, 6.07) is 22.2. The van der Waals surface area contributed by atoms with Gasteiger partial charge in [0.2, 0.25) is 5.91 Å². The molecule has 0 saturated carbocycles. The summed E-state index contributed by atoms with van der Waals surface area (Å²) in [6.07, 6.45) is 1.58. The van der Waals surface area contributed by atoms with Gasteiger partial charge in [-0.05, 0) is 42.3 Å². The molecule has 0 spiro atoms. The van der Waals surface area contributed by atoms with E-state index >= 15 is 0 Å². The van der Waals surface area contributed by atoms with Crippen LogP contribution in [0.5, 0.6) is 0 Å². The first-order chi connectivity index (χ1) is 16.5. The number of aryl methyl sites for hydroxylation is 1. The number of benzene rings is 3. The molecule has 0 fully saturated rings. The summed E-state index contributed by atoms with van der Waals surface area (Å²) in [5.41, 5.74) is 3.62. The fraction of sp³-hybridized carbons (Fsp3) is 0.120. The molecular weight excluding hydrogens is 470 g/mol. The van der Waals surface area contributed by atoms with E-state index in [1.807, 2.05) is 55.5 Å². The predicted octanol–water partition coefficient (Wildman–Crippen LogP) is 4.89. The standard InChI is InChI=1S/C25H22ClN5O2S/c1-17-11-12-19(13-21(17)26)31-16-28-30-25(31)34-15-23(32)29-22-10-6-5-9-20(22)24(33)27-14-18-7-3-2-4-8-18/h2-13,16H,14-15H2,1H3,(H,27,33)(H,29,32). The van der Waals surface area contributed by atoms with Crippen LogP contribution in [0.25, 0.3) is 5.69 Å². The largest absolute Gasteiger partial charge is 0.348 e. The molecule has 4 rings (SSSR count). The topological polar surface area (TPSA) is 88.9 Å². The molecule has 34 heavy (non-hydrogen) atoms. The first-order valence-electron chi connectivity index (χ1n) is 10.5. The van der Waals surface area contributed by atoms with E-state index in [4.69, 9.17) is 11.6 Å². The lowest BCUT2D eigenvalue weighted by molar-refractivity contribution is -0.113. The summed E-state index contributed by atoms with van der Waals surface area (Å²) in [5.74, 6) is -0.425. The molecule has 172 valence electrons. The van der Waals surface area contributed by atoms with Gasteiger partial charge in [-0.1, -0.05) is 71.9 Å². The number of hydrogen-bond donors (Lipinski definition) is 2. The fourth-order valence-electron chi connectivity index (χ4n) is 3.21. The molecule has 0 aliphatic rings. The Balaban J connectivity index is 1.38. The highest BCUT2D eigenvalue weighted by molar-refractivity contribution is 7.99. The van der Waals surface area contributed by atoms with Crippen molar-refractivity contribution in [2.24, 2.45) is 0 Å². The third-order valence-electron chi connectivity index (χ3n) is 5.02. The van der Waals surface area contributed by atoms with Crippen molar-refractivity contribution in [3.05, 3.63) is 101 Å².